The molecular formula is C14H11NO5. The number of phenols is 2. The van der Waals surface area contributed by atoms with Crippen molar-refractivity contribution in [3.05, 3.63) is 64.4 Å². The van der Waals surface area contributed by atoms with Gasteiger partial charge in [-0.3, -0.25) is 10.1 Å². The van der Waals surface area contributed by atoms with Gasteiger partial charge in [0, 0.05) is 6.07 Å². The summed E-state index contributed by atoms with van der Waals surface area (Å²) in [5, 5.41) is 29.7. The molecule has 6 heteroatoms. The standard InChI is InChI=1S/C14H11NO5/c16-11-5-6-12(15(18)19)10(9-11)7-8-20-14-4-2-1-3-13(14)17/h1-9,16-17H/b8-7+. The topological polar surface area (TPSA) is 92.8 Å². The number of benzene rings is 2. The molecule has 0 saturated carbocycles. The highest BCUT2D eigenvalue weighted by Gasteiger charge is 2.11. The van der Waals surface area contributed by atoms with Gasteiger partial charge in [0.25, 0.3) is 5.69 Å². The van der Waals surface area contributed by atoms with Crippen LogP contribution in [0.1, 0.15) is 5.56 Å². The first kappa shape index (κ1) is 13.4. The fourth-order valence-electron chi connectivity index (χ4n) is 1.58. The highest BCUT2D eigenvalue weighted by molar-refractivity contribution is 5.62. The number of nitrogens with zero attached hydrogens (tertiary/aromatic N) is 1. The van der Waals surface area contributed by atoms with Crippen molar-refractivity contribution in [2.24, 2.45) is 0 Å². The number of ether oxygens (including phenoxy) is 1. The largest absolute Gasteiger partial charge is 0.508 e. The summed E-state index contributed by atoms with van der Waals surface area (Å²) < 4.78 is 5.18. The average Bonchev–Trinajstić information content (AvgIpc) is 2.41. The molecular weight excluding hydrogens is 262 g/mol. The van der Waals surface area contributed by atoms with Crippen LogP contribution in [0.2, 0.25) is 0 Å². The molecule has 2 N–H and O–H groups in total. The number of rotatable bonds is 4. The average molecular weight is 273 g/mol. The molecule has 6 nitrogen and oxygen atoms in total. The second-order valence-electron chi connectivity index (χ2n) is 3.89. The third-order valence-electron chi connectivity index (χ3n) is 2.52. The van der Waals surface area contributed by atoms with Crippen molar-refractivity contribution in [2.45, 2.75) is 0 Å². The number of nitro groups is 1. The summed E-state index contributed by atoms with van der Waals surface area (Å²) >= 11 is 0. The summed E-state index contributed by atoms with van der Waals surface area (Å²) in [7, 11) is 0. The first-order chi connectivity index (χ1) is 9.58. The van der Waals surface area contributed by atoms with Crippen LogP contribution >= 0.6 is 0 Å². The third kappa shape index (κ3) is 3.05. The van der Waals surface area contributed by atoms with E-state index in [-0.39, 0.29) is 28.5 Å². The predicted octanol–water partition coefficient (Wildman–Crippen LogP) is 3.06. The van der Waals surface area contributed by atoms with Crippen molar-refractivity contribution >= 4 is 11.8 Å². The molecule has 102 valence electrons. The fourth-order valence-corrected chi connectivity index (χ4v) is 1.58. The van der Waals surface area contributed by atoms with Crippen LogP contribution in [0, 0.1) is 10.1 Å². The van der Waals surface area contributed by atoms with Crippen LogP contribution in [0.3, 0.4) is 0 Å². The monoisotopic (exact) mass is 273 g/mol. The normalized spacial score (nSPS) is 10.6. The Kier molecular flexibility index (Phi) is 3.85. The zero-order valence-electron chi connectivity index (χ0n) is 10.3. The van der Waals surface area contributed by atoms with Gasteiger partial charge in [0.2, 0.25) is 0 Å². The Bertz CT molecular complexity index is 666. The van der Waals surface area contributed by atoms with E-state index in [9.17, 15) is 20.3 Å². The molecule has 0 aliphatic carbocycles. The number of aromatic hydroxyl groups is 2. The van der Waals surface area contributed by atoms with E-state index in [4.69, 9.17) is 4.74 Å². The van der Waals surface area contributed by atoms with E-state index < -0.39 is 4.92 Å². The Labute approximate surface area is 114 Å². The van der Waals surface area contributed by atoms with Gasteiger partial charge in [-0.05, 0) is 30.3 Å². The van der Waals surface area contributed by atoms with Crippen LogP contribution < -0.4 is 4.74 Å². The molecule has 0 amide bonds. The lowest BCUT2D eigenvalue weighted by Crippen LogP contribution is -1.91. The molecule has 0 saturated heterocycles. The lowest BCUT2D eigenvalue weighted by molar-refractivity contribution is -0.385. The molecule has 0 radical (unpaired) electrons. The minimum atomic E-state index is -0.556. The molecule has 0 heterocycles. The summed E-state index contributed by atoms with van der Waals surface area (Å²) in [5.41, 5.74) is 0.0466. The number of para-hydroxylation sites is 2. The van der Waals surface area contributed by atoms with Crippen LogP contribution in [-0.2, 0) is 0 Å². The van der Waals surface area contributed by atoms with Crippen molar-refractivity contribution < 1.29 is 19.9 Å². The number of phenolic OH excluding ortho intramolecular Hbond substituents is 2. The molecule has 2 aromatic rings. The summed E-state index contributed by atoms with van der Waals surface area (Å²) in [6.45, 7) is 0. The molecule has 0 bridgehead atoms. The maximum Gasteiger partial charge on any atom is 0.276 e. The second kappa shape index (κ2) is 5.75. The summed E-state index contributed by atoms with van der Waals surface area (Å²) in [4.78, 5) is 10.3. The van der Waals surface area contributed by atoms with E-state index >= 15 is 0 Å². The van der Waals surface area contributed by atoms with Crippen LogP contribution in [-0.4, -0.2) is 15.1 Å². The maximum atomic E-state index is 10.8. The highest BCUT2D eigenvalue weighted by Crippen LogP contribution is 2.27. The molecule has 0 fully saturated rings. The van der Waals surface area contributed by atoms with Gasteiger partial charge in [0.05, 0.1) is 16.7 Å². The van der Waals surface area contributed by atoms with E-state index in [1.807, 2.05) is 0 Å². The Balaban J connectivity index is 2.22. The van der Waals surface area contributed by atoms with Crippen molar-refractivity contribution in [1.29, 1.82) is 0 Å². The van der Waals surface area contributed by atoms with Crippen LogP contribution in [0.5, 0.6) is 17.2 Å². The number of nitro benzene ring substituents is 1. The lowest BCUT2D eigenvalue weighted by atomic mass is 10.1. The van der Waals surface area contributed by atoms with Gasteiger partial charge in [0.1, 0.15) is 5.75 Å². The molecule has 0 aliphatic rings. The first-order valence-electron chi connectivity index (χ1n) is 5.66. The fraction of sp³-hybridized carbons (Fsp3) is 0. The molecule has 0 atom stereocenters. The van der Waals surface area contributed by atoms with Crippen LogP contribution in [0.15, 0.2) is 48.7 Å². The molecule has 2 aromatic carbocycles. The van der Waals surface area contributed by atoms with Gasteiger partial charge in [0.15, 0.2) is 11.5 Å². The van der Waals surface area contributed by atoms with Crippen molar-refractivity contribution in [2.75, 3.05) is 0 Å². The minimum Gasteiger partial charge on any atom is -0.508 e. The molecule has 0 aliphatic heterocycles. The van der Waals surface area contributed by atoms with Gasteiger partial charge in [-0.25, -0.2) is 0 Å². The van der Waals surface area contributed by atoms with Gasteiger partial charge in [-0.2, -0.15) is 0 Å². The molecule has 20 heavy (non-hydrogen) atoms. The van der Waals surface area contributed by atoms with Gasteiger partial charge >= 0.3 is 0 Å². The van der Waals surface area contributed by atoms with Crippen molar-refractivity contribution in [1.82, 2.24) is 0 Å². The Morgan fingerprint density at radius 1 is 1.15 bits per heavy atom. The van der Waals surface area contributed by atoms with E-state index in [2.05, 4.69) is 0 Å². The molecule has 0 spiro atoms. The van der Waals surface area contributed by atoms with Crippen molar-refractivity contribution in [3.63, 3.8) is 0 Å². The maximum absolute atomic E-state index is 10.8. The van der Waals surface area contributed by atoms with E-state index in [1.165, 1.54) is 36.6 Å². The SMILES string of the molecule is O=[N+]([O-])c1ccc(O)cc1/C=C/Oc1ccccc1O. The quantitative estimate of drug-likeness (QED) is 0.507. The first-order valence-corrected chi connectivity index (χ1v) is 5.66. The van der Waals surface area contributed by atoms with Crippen LogP contribution in [0.25, 0.3) is 6.08 Å². The molecule has 2 rings (SSSR count). The van der Waals surface area contributed by atoms with Gasteiger partial charge in [-0.15, -0.1) is 0 Å². The van der Waals surface area contributed by atoms with E-state index in [0.29, 0.717) is 0 Å². The Morgan fingerprint density at radius 3 is 2.60 bits per heavy atom. The Hall–Kier alpha value is -3.02. The van der Waals surface area contributed by atoms with E-state index in [1.54, 1.807) is 18.2 Å². The zero-order chi connectivity index (χ0) is 14.5. The van der Waals surface area contributed by atoms with E-state index in [0.717, 1.165) is 0 Å². The minimum absolute atomic E-state index is 0.0393. The summed E-state index contributed by atoms with van der Waals surface area (Å²) in [6, 6.07) is 10.0. The summed E-state index contributed by atoms with van der Waals surface area (Å²) in [6.07, 6.45) is 2.54. The second-order valence-corrected chi connectivity index (χ2v) is 3.89. The molecule has 0 unspecified atom stereocenters. The van der Waals surface area contributed by atoms with Gasteiger partial charge in [-0.1, -0.05) is 12.1 Å². The number of hydrogen-bond acceptors (Lipinski definition) is 5. The zero-order valence-corrected chi connectivity index (χ0v) is 10.3. The Morgan fingerprint density at radius 2 is 1.90 bits per heavy atom. The third-order valence-corrected chi connectivity index (χ3v) is 2.52. The smallest absolute Gasteiger partial charge is 0.276 e. The summed E-state index contributed by atoms with van der Waals surface area (Å²) in [5.74, 6) is 0.104. The van der Waals surface area contributed by atoms with Crippen molar-refractivity contribution in [3.8, 4) is 17.2 Å². The lowest BCUT2D eigenvalue weighted by Gasteiger charge is -2.02. The highest BCUT2D eigenvalue weighted by atomic mass is 16.6. The predicted molar refractivity (Wildman–Crippen MR) is 72.5 cm³/mol. The number of hydrogen-bond donors (Lipinski definition) is 2. The van der Waals surface area contributed by atoms with Crippen LogP contribution in [0.4, 0.5) is 5.69 Å². The molecule has 0 aromatic heterocycles. The van der Waals surface area contributed by atoms with Gasteiger partial charge < -0.3 is 14.9 Å².